The van der Waals surface area contributed by atoms with Crippen LogP contribution in [0.25, 0.3) is 0 Å². The summed E-state index contributed by atoms with van der Waals surface area (Å²) in [5, 5.41) is 8.39. The van der Waals surface area contributed by atoms with Crippen molar-refractivity contribution < 1.29 is 14.7 Å². The van der Waals surface area contributed by atoms with Gasteiger partial charge >= 0.3 is 5.97 Å². The molecule has 118 valence electrons. The molecule has 0 amide bonds. The number of allylic oxidation sites excluding steroid dienone is 4. The Morgan fingerprint density at radius 1 is 0.810 bits per heavy atom. The zero-order valence-electron chi connectivity index (χ0n) is 12.9. The molecule has 0 unspecified atom stereocenters. The van der Waals surface area contributed by atoms with Crippen LogP contribution in [0.15, 0.2) is 37.0 Å². The number of ketones is 1. The standard InChI is InChI=1S/C18H28O3/c1-2-3-4-5-6-7-8-9-10-11-12-13-14-17(19)15-16-18(20)21/h2,7-8,15-16H,1,3-6,9-14H2,(H,20,21)/b8-7-,16-15+. The maximum atomic E-state index is 11.3. The third-order valence-corrected chi connectivity index (χ3v) is 3.15. The molecular formula is C18H28O3. The Bertz CT molecular complexity index is 353. The van der Waals surface area contributed by atoms with E-state index in [4.69, 9.17) is 5.11 Å². The van der Waals surface area contributed by atoms with Gasteiger partial charge in [0.05, 0.1) is 0 Å². The summed E-state index contributed by atoms with van der Waals surface area (Å²) >= 11 is 0. The quantitative estimate of drug-likeness (QED) is 0.283. The van der Waals surface area contributed by atoms with Crippen molar-refractivity contribution in [3.05, 3.63) is 37.0 Å². The third-order valence-electron chi connectivity index (χ3n) is 3.15. The molecule has 0 aromatic carbocycles. The number of unbranched alkanes of at least 4 members (excludes halogenated alkanes) is 7. The first-order valence-electron chi connectivity index (χ1n) is 7.86. The Morgan fingerprint density at radius 3 is 2.00 bits per heavy atom. The van der Waals surface area contributed by atoms with Gasteiger partial charge in [0, 0.05) is 12.5 Å². The Morgan fingerprint density at radius 2 is 1.38 bits per heavy atom. The Labute approximate surface area is 128 Å². The van der Waals surface area contributed by atoms with Gasteiger partial charge in [-0.3, -0.25) is 4.79 Å². The number of carboxylic acids is 1. The summed E-state index contributed by atoms with van der Waals surface area (Å²) in [6.45, 7) is 3.70. The van der Waals surface area contributed by atoms with Gasteiger partial charge < -0.3 is 5.11 Å². The van der Waals surface area contributed by atoms with Crippen molar-refractivity contribution in [3.8, 4) is 0 Å². The number of rotatable bonds is 14. The summed E-state index contributed by atoms with van der Waals surface area (Å²) in [5.74, 6) is -1.17. The van der Waals surface area contributed by atoms with E-state index < -0.39 is 5.97 Å². The lowest BCUT2D eigenvalue weighted by atomic mass is 10.1. The minimum absolute atomic E-state index is 0.100. The van der Waals surface area contributed by atoms with Gasteiger partial charge in [-0.15, -0.1) is 6.58 Å². The summed E-state index contributed by atoms with van der Waals surface area (Å²) in [6, 6.07) is 0. The first-order valence-corrected chi connectivity index (χ1v) is 7.86. The Kier molecular flexibility index (Phi) is 13.6. The van der Waals surface area contributed by atoms with Crippen LogP contribution in [0.2, 0.25) is 0 Å². The molecule has 0 aliphatic rings. The minimum atomic E-state index is -1.07. The monoisotopic (exact) mass is 292 g/mol. The van der Waals surface area contributed by atoms with E-state index in [1.165, 1.54) is 12.8 Å². The number of carbonyl (C=O) groups is 2. The molecule has 0 aliphatic carbocycles. The summed E-state index contributed by atoms with van der Waals surface area (Å²) in [6.07, 6.45) is 18.9. The highest BCUT2D eigenvalue weighted by atomic mass is 16.4. The molecule has 3 nitrogen and oxygen atoms in total. The molecule has 0 radical (unpaired) electrons. The normalized spacial score (nSPS) is 11.2. The van der Waals surface area contributed by atoms with Crippen LogP contribution in [0.3, 0.4) is 0 Å². The molecule has 0 aliphatic heterocycles. The van der Waals surface area contributed by atoms with Crippen LogP contribution in [-0.2, 0) is 9.59 Å². The van der Waals surface area contributed by atoms with Gasteiger partial charge in [0.15, 0.2) is 5.78 Å². The lowest BCUT2D eigenvalue weighted by molar-refractivity contribution is -0.131. The Hall–Kier alpha value is -1.64. The van der Waals surface area contributed by atoms with Crippen LogP contribution in [0.5, 0.6) is 0 Å². The second kappa shape index (κ2) is 14.8. The van der Waals surface area contributed by atoms with Gasteiger partial charge in [-0.2, -0.15) is 0 Å². The zero-order valence-corrected chi connectivity index (χ0v) is 12.9. The number of aliphatic carboxylic acids is 1. The van der Waals surface area contributed by atoms with Crippen molar-refractivity contribution >= 4 is 11.8 Å². The van der Waals surface area contributed by atoms with E-state index in [2.05, 4.69) is 18.7 Å². The lowest BCUT2D eigenvalue weighted by Crippen LogP contribution is -1.95. The van der Waals surface area contributed by atoms with Gasteiger partial charge in [-0.1, -0.05) is 31.1 Å². The molecule has 1 N–H and O–H groups in total. The van der Waals surface area contributed by atoms with E-state index >= 15 is 0 Å². The van der Waals surface area contributed by atoms with Gasteiger partial charge in [-0.25, -0.2) is 4.79 Å². The predicted octanol–water partition coefficient (Wildman–Crippen LogP) is 4.84. The smallest absolute Gasteiger partial charge is 0.328 e. The van der Waals surface area contributed by atoms with Gasteiger partial charge in [0.2, 0.25) is 0 Å². The summed E-state index contributed by atoms with van der Waals surface area (Å²) in [5.41, 5.74) is 0. The molecule has 3 heteroatoms. The second-order valence-corrected chi connectivity index (χ2v) is 5.14. The molecular weight excluding hydrogens is 264 g/mol. The van der Waals surface area contributed by atoms with Crippen LogP contribution in [-0.4, -0.2) is 16.9 Å². The minimum Gasteiger partial charge on any atom is -0.478 e. The van der Waals surface area contributed by atoms with Crippen molar-refractivity contribution in [1.29, 1.82) is 0 Å². The van der Waals surface area contributed by atoms with Crippen LogP contribution in [0, 0.1) is 0 Å². The number of hydrogen-bond donors (Lipinski definition) is 1. The van der Waals surface area contributed by atoms with Crippen molar-refractivity contribution in [2.75, 3.05) is 0 Å². The highest BCUT2D eigenvalue weighted by Crippen LogP contribution is 2.08. The fourth-order valence-electron chi connectivity index (χ4n) is 1.95. The molecule has 0 aromatic rings. The lowest BCUT2D eigenvalue weighted by Gasteiger charge is -1.98. The largest absolute Gasteiger partial charge is 0.478 e. The maximum Gasteiger partial charge on any atom is 0.328 e. The maximum absolute atomic E-state index is 11.3. The van der Waals surface area contributed by atoms with Crippen LogP contribution >= 0.6 is 0 Å². The van der Waals surface area contributed by atoms with Crippen LogP contribution in [0.4, 0.5) is 0 Å². The number of carboxylic acid groups (broad SMARTS) is 1. The Balaban J connectivity index is 3.32. The molecule has 0 saturated carbocycles. The topological polar surface area (TPSA) is 54.4 Å². The van der Waals surface area contributed by atoms with Crippen molar-refractivity contribution in [3.63, 3.8) is 0 Å². The molecule has 0 fully saturated rings. The highest BCUT2D eigenvalue weighted by Gasteiger charge is 1.97. The zero-order chi connectivity index (χ0) is 15.8. The van der Waals surface area contributed by atoms with E-state index in [-0.39, 0.29) is 5.78 Å². The van der Waals surface area contributed by atoms with Crippen molar-refractivity contribution in [1.82, 2.24) is 0 Å². The molecule has 21 heavy (non-hydrogen) atoms. The number of hydrogen-bond acceptors (Lipinski definition) is 2. The number of carbonyl (C=O) groups excluding carboxylic acids is 1. The summed E-state index contributed by atoms with van der Waals surface area (Å²) in [4.78, 5) is 21.5. The van der Waals surface area contributed by atoms with E-state index in [0.29, 0.717) is 6.42 Å². The SMILES string of the molecule is C=CCCCC/C=C\CCCCCCC(=O)/C=C/C(=O)O. The first-order chi connectivity index (χ1) is 10.2. The van der Waals surface area contributed by atoms with E-state index in [9.17, 15) is 9.59 Å². The first kappa shape index (κ1) is 19.4. The molecule has 0 aromatic heterocycles. The summed E-state index contributed by atoms with van der Waals surface area (Å²) < 4.78 is 0. The van der Waals surface area contributed by atoms with Crippen LogP contribution in [0.1, 0.15) is 64.2 Å². The molecule has 0 bridgehead atoms. The highest BCUT2D eigenvalue weighted by molar-refractivity contribution is 5.95. The molecule has 0 saturated heterocycles. The predicted molar refractivity (Wildman–Crippen MR) is 87.3 cm³/mol. The van der Waals surface area contributed by atoms with Crippen LogP contribution < -0.4 is 0 Å². The fourth-order valence-corrected chi connectivity index (χ4v) is 1.95. The fraction of sp³-hybridized carbons (Fsp3) is 0.556. The average molecular weight is 292 g/mol. The second-order valence-electron chi connectivity index (χ2n) is 5.14. The molecule has 0 spiro atoms. The van der Waals surface area contributed by atoms with E-state index in [1.54, 1.807) is 0 Å². The summed E-state index contributed by atoms with van der Waals surface area (Å²) in [7, 11) is 0. The van der Waals surface area contributed by atoms with Gasteiger partial charge in [-0.05, 0) is 51.0 Å². The molecule has 0 heterocycles. The average Bonchev–Trinajstić information content (AvgIpc) is 2.46. The van der Waals surface area contributed by atoms with Crippen molar-refractivity contribution in [2.24, 2.45) is 0 Å². The van der Waals surface area contributed by atoms with E-state index in [0.717, 1.165) is 57.1 Å². The van der Waals surface area contributed by atoms with Gasteiger partial charge in [0.25, 0.3) is 0 Å². The van der Waals surface area contributed by atoms with Gasteiger partial charge in [0.1, 0.15) is 0 Å². The molecule has 0 atom stereocenters. The van der Waals surface area contributed by atoms with E-state index in [1.807, 2.05) is 6.08 Å². The molecule has 0 rings (SSSR count). The third kappa shape index (κ3) is 16.3. The van der Waals surface area contributed by atoms with Crippen molar-refractivity contribution in [2.45, 2.75) is 64.2 Å².